The molecule has 0 unspecified atom stereocenters. The molecule has 2 N–H and O–H groups in total. The molecule has 1 aliphatic heterocycles. The zero-order chi connectivity index (χ0) is 10.4. The molecule has 1 aliphatic rings. The molecule has 0 spiro atoms. The Bertz CT molecular complexity index is 582. The van der Waals surface area contributed by atoms with Crippen LogP contribution in [0.2, 0.25) is 0 Å². The highest BCUT2D eigenvalue weighted by molar-refractivity contribution is 5.49. The Labute approximate surface area is 85.3 Å². The summed E-state index contributed by atoms with van der Waals surface area (Å²) in [6.07, 6.45) is 0.840. The number of aromatic nitrogens is 4. The molecule has 0 bridgehead atoms. The van der Waals surface area contributed by atoms with Crippen molar-refractivity contribution in [3.63, 3.8) is 0 Å². The largest absolute Gasteiger partial charge is 0.348 e. The van der Waals surface area contributed by atoms with Crippen molar-refractivity contribution >= 4 is 5.65 Å². The fourth-order valence-electron chi connectivity index (χ4n) is 1.97. The number of nitrogens with one attached hydrogen (secondary N) is 2. The number of hydrogen-bond acceptors (Lipinski definition) is 4. The molecule has 0 amide bonds. The molecule has 6 heteroatoms. The maximum absolute atomic E-state index is 11.6. The molecule has 0 saturated carbocycles. The monoisotopic (exact) mass is 205 g/mol. The minimum atomic E-state index is -0.203. The maximum Gasteiger partial charge on any atom is 0.348 e. The Hall–Kier alpha value is -1.69. The summed E-state index contributed by atoms with van der Waals surface area (Å²) in [5, 5.41) is 7.31. The smallest absolute Gasteiger partial charge is 0.312 e. The number of aryl methyl sites for hydroxylation is 1. The van der Waals surface area contributed by atoms with E-state index in [2.05, 4.69) is 20.4 Å². The van der Waals surface area contributed by atoms with Crippen molar-refractivity contribution < 1.29 is 0 Å². The van der Waals surface area contributed by atoms with E-state index >= 15 is 0 Å². The van der Waals surface area contributed by atoms with E-state index in [-0.39, 0.29) is 5.69 Å². The summed E-state index contributed by atoms with van der Waals surface area (Å²) in [7, 11) is 0. The standard InChI is InChI=1S/C9H11N5O/c1-5-11-8-6-4-10-3-2-7(6)12-9(15)14(8)13-5/h10H,2-4H2,1H3,(H,12,15). The van der Waals surface area contributed by atoms with Gasteiger partial charge in [0, 0.05) is 30.8 Å². The predicted molar refractivity (Wildman–Crippen MR) is 53.8 cm³/mol. The average Bonchev–Trinajstić information content (AvgIpc) is 2.61. The quantitative estimate of drug-likeness (QED) is 0.600. The van der Waals surface area contributed by atoms with Crippen molar-refractivity contribution in [3.8, 4) is 0 Å². The van der Waals surface area contributed by atoms with Crippen molar-refractivity contribution in [2.45, 2.75) is 19.9 Å². The SMILES string of the molecule is Cc1nc2c3c([nH]c(=O)n2n1)CCNC3. The van der Waals surface area contributed by atoms with Crippen molar-refractivity contribution in [2.75, 3.05) is 6.54 Å². The van der Waals surface area contributed by atoms with Gasteiger partial charge in [-0.15, -0.1) is 5.10 Å². The first-order valence-corrected chi connectivity index (χ1v) is 4.94. The van der Waals surface area contributed by atoms with Crippen molar-refractivity contribution in [3.05, 3.63) is 27.6 Å². The van der Waals surface area contributed by atoms with Gasteiger partial charge in [0.05, 0.1) is 0 Å². The molecular weight excluding hydrogens is 194 g/mol. The molecule has 0 aromatic carbocycles. The van der Waals surface area contributed by atoms with E-state index in [1.165, 1.54) is 4.52 Å². The van der Waals surface area contributed by atoms with Gasteiger partial charge in [0.1, 0.15) is 5.82 Å². The first-order valence-electron chi connectivity index (χ1n) is 4.94. The number of fused-ring (bicyclic) bond motifs is 3. The fourth-order valence-corrected chi connectivity index (χ4v) is 1.97. The Kier molecular flexibility index (Phi) is 1.66. The molecule has 0 atom stereocenters. The second-order valence-electron chi connectivity index (χ2n) is 3.71. The van der Waals surface area contributed by atoms with Gasteiger partial charge in [0.25, 0.3) is 0 Å². The van der Waals surface area contributed by atoms with E-state index in [9.17, 15) is 4.79 Å². The molecule has 0 aliphatic carbocycles. The lowest BCUT2D eigenvalue weighted by molar-refractivity contribution is 0.621. The molecule has 2 aromatic rings. The Morgan fingerprint density at radius 1 is 1.47 bits per heavy atom. The summed E-state index contributed by atoms with van der Waals surface area (Å²) in [5.41, 5.74) is 2.52. The zero-order valence-electron chi connectivity index (χ0n) is 8.37. The van der Waals surface area contributed by atoms with Crippen molar-refractivity contribution in [1.29, 1.82) is 0 Å². The van der Waals surface area contributed by atoms with Gasteiger partial charge in [-0.3, -0.25) is 0 Å². The van der Waals surface area contributed by atoms with Crippen LogP contribution in [0.25, 0.3) is 5.65 Å². The van der Waals surface area contributed by atoms with Gasteiger partial charge in [-0.25, -0.2) is 9.78 Å². The normalized spacial score (nSPS) is 15.5. The third-order valence-electron chi connectivity index (χ3n) is 2.65. The second kappa shape index (κ2) is 2.90. The Morgan fingerprint density at radius 2 is 2.33 bits per heavy atom. The molecule has 2 aromatic heterocycles. The lowest BCUT2D eigenvalue weighted by Gasteiger charge is -2.16. The number of aromatic amines is 1. The molecule has 0 saturated heterocycles. The molecule has 3 rings (SSSR count). The summed E-state index contributed by atoms with van der Waals surface area (Å²) in [4.78, 5) is 18.8. The van der Waals surface area contributed by atoms with E-state index in [0.29, 0.717) is 11.5 Å². The summed E-state index contributed by atoms with van der Waals surface area (Å²) in [6, 6.07) is 0. The van der Waals surface area contributed by atoms with Gasteiger partial charge in [0.2, 0.25) is 0 Å². The molecule has 3 heterocycles. The van der Waals surface area contributed by atoms with Crippen LogP contribution in [0, 0.1) is 6.92 Å². The van der Waals surface area contributed by atoms with Crippen LogP contribution in [0.1, 0.15) is 17.1 Å². The molecule has 6 nitrogen and oxygen atoms in total. The maximum atomic E-state index is 11.6. The minimum Gasteiger partial charge on any atom is -0.312 e. The van der Waals surface area contributed by atoms with Gasteiger partial charge in [0.15, 0.2) is 5.65 Å². The van der Waals surface area contributed by atoms with Gasteiger partial charge >= 0.3 is 5.69 Å². The lowest BCUT2D eigenvalue weighted by atomic mass is 10.1. The van der Waals surface area contributed by atoms with Crippen LogP contribution in [-0.2, 0) is 13.0 Å². The molecule has 0 radical (unpaired) electrons. The predicted octanol–water partition coefficient (Wildman–Crippen LogP) is -0.628. The van der Waals surface area contributed by atoms with Crippen molar-refractivity contribution in [1.82, 2.24) is 24.9 Å². The highest BCUT2D eigenvalue weighted by Gasteiger charge is 2.16. The molecule has 78 valence electrons. The molecule has 15 heavy (non-hydrogen) atoms. The van der Waals surface area contributed by atoms with Gasteiger partial charge in [-0.2, -0.15) is 4.52 Å². The van der Waals surface area contributed by atoms with E-state index in [0.717, 1.165) is 30.8 Å². The summed E-state index contributed by atoms with van der Waals surface area (Å²) in [6.45, 7) is 3.43. The number of hydrogen-bond donors (Lipinski definition) is 2. The zero-order valence-corrected chi connectivity index (χ0v) is 8.37. The number of H-pyrrole nitrogens is 1. The number of rotatable bonds is 0. The first kappa shape index (κ1) is 8.60. The second-order valence-corrected chi connectivity index (χ2v) is 3.71. The Balaban J connectivity index is 2.44. The van der Waals surface area contributed by atoms with E-state index in [4.69, 9.17) is 0 Å². The fraction of sp³-hybridized carbons (Fsp3) is 0.444. The minimum absolute atomic E-state index is 0.203. The summed E-state index contributed by atoms with van der Waals surface area (Å²) >= 11 is 0. The van der Waals surface area contributed by atoms with Gasteiger partial charge in [-0.05, 0) is 6.92 Å². The highest BCUT2D eigenvalue weighted by Crippen LogP contribution is 2.13. The van der Waals surface area contributed by atoms with Crippen LogP contribution >= 0.6 is 0 Å². The average molecular weight is 205 g/mol. The van der Waals surface area contributed by atoms with Crippen LogP contribution in [0.15, 0.2) is 4.79 Å². The van der Waals surface area contributed by atoms with Gasteiger partial charge in [-0.1, -0.05) is 0 Å². The lowest BCUT2D eigenvalue weighted by Crippen LogP contribution is -2.30. The van der Waals surface area contributed by atoms with E-state index in [1.807, 2.05) is 0 Å². The first-order chi connectivity index (χ1) is 7.25. The van der Waals surface area contributed by atoms with Crippen LogP contribution in [0.3, 0.4) is 0 Å². The van der Waals surface area contributed by atoms with Crippen LogP contribution in [-0.4, -0.2) is 26.1 Å². The van der Waals surface area contributed by atoms with E-state index in [1.54, 1.807) is 6.92 Å². The topological polar surface area (TPSA) is 75.1 Å². The van der Waals surface area contributed by atoms with E-state index < -0.39 is 0 Å². The van der Waals surface area contributed by atoms with Crippen LogP contribution in [0.4, 0.5) is 0 Å². The third kappa shape index (κ3) is 1.18. The molecule has 0 fully saturated rings. The van der Waals surface area contributed by atoms with Gasteiger partial charge < -0.3 is 10.3 Å². The Morgan fingerprint density at radius 3 is 3.20 bits per heavy atom. The highest BCUT2D eigenvalue weighted by atomic mass is 16.1. The summed E-state index contributed by atoms with van der Waals surface area (Å²) < 4.78 is 1.33. The molecular formula is C9H11N5O. The van der Waals surface area contributed by atoms with Crippen LogP contribution < -0.4 is 11.0 Å². The summed E-state index contributed by atoms with van der Waals surface area (Å²) in [5.74, 6) is 0.625. The van der Waals surface area contributed by atoms with Crippen molar-refractivity contribution in [2.24, 2.45) is 0 Å². The third-order valence-corrected chi connectivity index (χ3v) is 2.65. The van der Waals surface area contributed by atoms with Crippen LogP contribution in [0.5, 0.6) is 0 Å². The number of nitrogens with zero attached hydrogens (tertiary/aromatic N) is 3.